The van der Waals surface area contributed by atoms with Crippen LogP contribution < -0.4 is 19.6 Å². The summed E-state index contributed by atoms with van der Waals surface area (Å²) in [4.78, 5) is 12.7. The minimum atomic E-state index is -0.139. The molecule has 3 rings (SSSR count). The second kappa shape index (κ2) is 4.93. The predicted octanol–water partition coefficient (Wildman–Crippen LogP) is 0.716. The molecule has 0 aliphatic rings. The Balaban J connectivity index is 2.22. The van der Waals surface area contributed by atoms with E-state index in [0.717, 1.165) is 5.56 Å². The first-order valence-electron chi connectivity index (χ1n) is 5.79. The number of nitrogens with zero attached hydrogens (tertiary/aromatic N) is 3. The van der Waals surface area contributed by atoms with Crippen molar-refractivity contribution < 1.29 is 9.47 Å². The standard InChI is InChI=1S/C13H11N3O3S/c1-18-9-3-4-10(19-2)8(5-9)6-11-12(17)16-7-14-15-13(16)20-11/h3-7H,1-2H3. The summed E-state index contributed by atoms with van der Waals surface area (Å²) >= 11 is 1.28. The van der Waals surface area contributed by atoms with Crippen molar-refractivity contribution in [1.82, 2.24) is 14.6 Å². The highest BCUT2D eigenvalue weighted by Crippen LogP contribution is 2.24. The number of fused-ring (bicyclic) bond motifs is 1. The molecule has 0 saturated carbocycles. The van der Waals surface area contributed by atoms with Gasteiger partial charge in [-0.2, -0.15) is 0 Å². The lowest BCUT2D eigenvalue weighted by atomic mass is 10.2. The average Bonchev–Trinajstić information content (AvgIpc) is 3.03. The summed E-state index contributed by atoms with van der Waals surface area (Å²) in [6, 6.07) is 5.42. The third-order valence-electron chi connectivity index (χ3n) is 2.87. The fourth-order valence-electron chi connectivity index (χ4n) is 1.88. The Kier molecular flexibility index (Phi) is 3.11. The lowest BCUT2D eigenvalue weighted by molar-refractivity contribution is 0.402. The molecule has 6 nitrogen and oxygen atoms in total. The minimum Gasteiger partial charge on any atom is -0.497 e. The fourth-order valence-corrected chi connectivity index (χ4v) is 2.76. The van der Waals surface area contributed by atoms with E-state index in [-0.39, 0.29) is 5.56 Å². The van der Waals surface area contributed by atoms with Crippen LogP contribution in [0.1, 0.15) is 5.56 Å². The van der Waals surface area contributed by atoms with Gasteiger partial charge in [0.15, 0.2) is 0 Å². The van der Waals surface area contributed by atoms with Gasteiger partial charge in [0.2, 0.25) is 4.96 Å². The molecule has 102 valence electrons. The minimum absolute atomic E-state index is 0.139. The molecule has 0 aliphatic heterocycles. The van der Waals surface area contributed by atoms with Crippen molar-refractivity contribution in [3.63, 3.8) is 0 Å². The molecule has 0 fully saturated rings. The van der Waals surface area contributed by atoms with E-state index in [0.29, 0.717) is 21.0 Å². The number of hydrogen-bond acceptors (Lipinski definition) is 6. The van der Waals surface area contributed by atoms with Gasteiger partial charge in [0.25, 0.3) is 5.56 Å². The molecule has 2 heterocycles. The Hall–Kier alpha value is -2.41. The van der Waals surface area contributed by atoms with E-state index in [9.17, 15) is 4.79 Å². The number of thiazole rings is 1. The number of methoxy groups -OCH3 is 2. The van der Waals surface area contributed by atoms with Crippen LogP contribution in [-0.2, 0) is 0 Å². The van der Waals surface area contributed by atoms with Gasteiger partial charge >= 0.3 is 0 Å². The number of hydrogen-bond donors (Lipinski definition) is 0. The van der Waals surface area contributed by atoms with Crippen LogP contribution in [0.15, 0.2) is 29.3 Å². The maximum Gasteiger partial charge on any atom is 0.275 e. The van der Waals surface area contributed by atoms with Gasteiger partial charge in [-0.05, 0) is 24.3 Å². The van der Waals surface area contributed by atoms with Gasteiger partial charge in [0.1, 0.15) is 17.8 Å². The van der Waals surface area contributed by atoms with E-state index in [1.807, 2.05) is 6.07 Å². The molecule has 3 aromatic rings. The number of benzene rings is 1. The molecule has 1 aromatic carbocycles. The third-order valence-corrected chi connectivity index (χ3v) is 3.84. The molecule has 0 saturated heterocycles. The van der Waals surface area contributed by atoms with Gasteiger partial charge in [0, 0.05) is 5.56 Å². The van der Waals surface area contributed by atoms with Crippen molar-refractivity contribution in [2.75, 3.05) is 14.2 Å². The number of aromatic nitrogens is 3. The molecule has 7 heteroatoms. The van der Waals surface area contributed by atoms with Crippen molar-refractivity contribution in [2.45, 2.75) is 0 Å². The van der Waals surface area contributed by atoms with Gasteiger partial charge in [-0.25, -0.2) is 4.40 Å². The Bertz CT molecular complexity index is 869. The Morgan fingerprint density at radius 1 is 1.30 bits per heavy atom. The lowest BCUT2D eigenvalue weighted by Gasteiger charge is -2.06. The molecule has 0 amide bonds. The van der Waals surface area contributed by atoms with E-state index >= 15 is 0 Å². The Labute approximate surface area is 117 Å². The maximum absolute atomic E-state index is 12.1. The second-order valence-corrected chi connectivity index (χ2v) is 5.02. The van der Waals surface area contributed by atoms with E-state index in [1.54, 1.807) is 32.4 Å². The first-order chi connectivity index (χ1) is 9.72. The SMILES string of the molecule is COc1ccc(OC)c(C=c2sc3nncn3c2=O)c1. The van der Waals surface area contributed by atoms with Crippen LogP contribution in [-0.4, -0.2) is 28.8 Å². The zero-order valence-electron chi connectivity index (χ0n) is 10.9. The first kappa shape index (κ1) is 12.6. The van der Waals surface area contributed by atoms with Gasteiger partial charge in [-0.15, -0.1) is 10.2 Å². The number of rotatable bonds is 3. The van der Waals surface area contributed by atoms with Crippen LogP contribution >= 0.6 is 11.3 Å². The van der Waals surface area contributed by atoms with Crippen molar-refractivity contribution in [1.29, 1.82) is 0 Å². The van der Waals surface area contributed by atoms with Crippen LogP contribution in [0, 0.1) is 0 Å². The van der Waals surface area contributed by atoms with E-state index in [4.69, 9.17) is 9.47 Å². The average molecular weight is 289 g/mol. The molecule has 0 radical (unpaired) electrons. The molecule has 0 atom stereocenters. The van der Waals surface area contributed by atoms with Gasteiger partial charge < -0.3 is 9.47 Å². The summed E-state index contributed by atoms with van der Waals surface area (Å²) in [6.45, 7) is 0. The van der Waals surface area contributed by atoms with Gasteiger partial charge in [-0.3, -0.25) is 4.79 Å². The Morgan fingerprint density at radius 3 is 2.85 bits per heavy atom. The Morgan fingerprint density at radius 2 is 2.15 bits per heavy atom. The summed E-state index contributed by atoms with van der Waals surface area (Å²) in [7, 11) is 3.18. The first-order valence-corrected chi connectivity index (χ1v) is 6.61. The quantitative estimate of drug-likeness (QED) is 0.710. The monoisotopic (exact) mass is 289 g/mol. The zero-order chi connectivity index (χ0) is 14.1. The summed E-state index contributed by atoms with van der Waals surface area (Å²) in [5, 5.41) is 7.57. The third kappa shape index (κ3) is 2.01. The molecule has 0 unspecified atom stereocenters. The highest BCUT2D eigenvalue weighted by molar-refractivity contribution is 7.15. The van der Waals surface area contributed by atoms with Crippen molar-refractivity contribution in [2.24, 2.45) is 0 Å². The van der Waals surface area contributed by atoms with Crippen LogP contribution in [0.2, 0.25) is 0 Å². The second-order valence-electron chi connectivity index (χ2n) is 4.01. The molecule has 0 bridgehead atoms. The zero-order valence-corrected chi connectivity index (χ0v) is 11.7. The molecule has 20 heavy (non-hydrogen) atoms. The van der Waals surface area contributed by atoms with Crippen LogP contribution in [0.5, 0.6) is 11.5 Å². The van der Waals surface area contributed by atoms with Crippen LogP contribution in [0.3, 0.4) is 0 Å². The normalized spacial score (nSPS) is 12.0. The molecule has 0 spiro atoms. The topological polar surface area (TPSA) is 65.7 Å². The maximum atomic E-state index is 12.1. The summed E-state index contributed by atoms with van der Waals surface area (Å²) < 4.78 is 12.5. The smallest absolute Gasteiger partial charge is 0.275 e. The van der Waals surface area contributed by atoms with Gasteiger partial charge in [0.05, 0.1) is 18.8 Å². The largest absolute Gasteiger partial charge is 0.497 e. The highest BCUT2D eigenvalue weighted by Gasteiger charge is 2.07. The van der Waals surface area contributed by atoms with E-state index < -0.39 is 0 Å². The molecule has 0 N–H and O–H groups in total. The van der Waals surface area contributed by atoms with E-state index in [1.165, 1.54) is 22.1 Å². The van der Waals surface area contributed by atoms with Gasteiger partial charge in [-0.1, -0.05) is 11.3 Å². The van der Waals surface area contributed by atoms with Crippen LogP contribution in [0.25, 0.3) is 11.0 Å². The van der Waals surface area contributed by atoms with Crippen molar-refractivity contribution in [3.05, 3.63) is 45.0 Å². The summed E-state index contributed by atoms with van der Waals surface area (Å²) in [5.41, 5.74) is 0.640. The van der Waals surface area contributed by atoms with Crippen LogP contribution in [0.4, 0.5) is 0 Å². The number of ether oxygens (including phenoxy) is 2. The van der Waals surface area contributed by atoms with E-state index in [2.05, 4.69) is 10.2 Å². The summed E-state index contributed by atoms with van der Waals surface area (Å²) in [5.74, 6) is 1.38. The fraction of sp³-hybridized carbons (Fsp3) is 0.154. The highest BCUT2D eigenvalue weighted by atomic mass is 32.1. The lowest BCUT2D eigenvalue weighted by Crippen LogP contribution is -2.22. The molecule has 2 aromatic heterocycles. The van der Waals surface area contributed by atoms with Crippen molar-refractivity contribution >= 4 is 22.4 Å². The molecular weight excluding hydrogens is 278 g/mol. The van der Waals surface area contributed by atoms with Crippen molar-refractivity contribution in [3.8, 4) is 11.5 Å². The molecule has 0 aliphatic carbocycles. The molecular formula is C13H11N3O3S. The predicted molar refractivity (Wildman–Crippen MR) is 75.5 cm³/mol. The summed E-state index contributed by atoms with van der Waals surface area (Å²) in [6.07, 6.45) is 3.18.